The van der Waals surface area contributed by atoms with Crippen molar-refractivity contribution >= 4 is 27.5 Å². The minimum Gasteiger partial charge on any atom is -0.492 e. The molecule has 0 unspecified atom stereocenters. The summed E-state index contributed by atoms with van der Waals surface area (Å²) in [7, 11) is -2.06. The molecule has 2 amide bonds. The lowest BCUT2D eigenvalue weighted by molar-refractivity contribution is -0.123. The van der Waals surface area contributed by atoms with Crippen LogP contribution in [0.3, 0.4) is 0 Å². The zero-order valence-electron chi connectivity index (χ0n) is 18.8. The van der Waals surface area contributed by atoms with E-state index in [2.05, 4.69) is 10.6 Å². The van der Waals surface area contributed by atoms with E-state index < -0.39 is 10.0 Å². The van der Waals surface area contributed by atoms with Gasteiger partial charge >= 0.3 is 0 Å². The van der Waals surface area contributed by atoms with E-state index in [1.54, 1.807) is 31.0 Å². The second kappa shape index (κ2) is 11.4. The normalized spacial score (nSPS) is 15.2. The van der Waals surface area contributed by atoms with Gasteiger partial charge in [-0.1, -0.05) is 6.42 Å². The van der Waals surface area contributed by atoms with Crippen molar-refractivity contribution in [2.75, 3.05) is 45.2 Å². The van der Waals surface area contributed by atoms with Crippen LogP contribution in [-0.4, -0.2) is 75.3 Å². The Bertz CT molecular complexity index is 867. The van der Waals surface area contributed by atoms with E-state index in [4.69, 9.17) is 4.74 Å². The number of sulfonamides is 1. The number of piperidine rings is 1. The SMILES string of the molecule is CCOc1ccc(NC(=O)CN(C)CC(=O)NC(C)C)cc1S(=O)(=O)N1CCCCC1. The largest absolute Gasteiger partial charge is 0.492 e. The quantitative estimate of drug-likeness (QED) is 0.557. The molecular formula is C21H34N4O5S. The second-order valence-electron chi connectivity index (χ2n) is 8.00. The fraction of sp³-hybridized carbons (Fsp3) is 0.619. The Morgan fingerprint density at radius 3 is 2.39 bits per heavy atom. The minimum atomic E-state index is -3.73. The van der Waals surface area contributed by atoms with Gasteiger partial charge in [-0.3, -0.25) is 14.5 Å². The van der Waals surface area contributed by atoms with Crippen molar-refractivity contribution in [3.63, 3.8) is 0 Å². The van der Waals surface area contributed by atoms with E-state index >= 15 is 0 Å². The predicted molar refractivity (Wildman–Crippen MR) is 120 cm³/mol. The van der Waals surface area contributed by atoms with E-state index in [1.165, 1.54) is 10.4 Å². The molecule has 1 aromatic carbocycles. The van der Waals surface area contributed by atoms with Crippen LogP contribution in [0.1, 0.15) is 40.0 Å². The standard InChI is InChI=1S/C21H34N4O5S/c1-5-30-18-10-9-17(13-19(18)31(28,29)25-11-7-6-8-12-25)23-21(27)15-24(4)14-20(26)22-16(2)3/h9-10,13,16H,5-8,11-12,14-15H2,1-4H3,(H,22,26)(H,23,27). The Hall–Kier alpha value is -2.17. The van der Waals surface area contributed by atoms with Gasteiger partial charge in [-0.25, -0.2) is 8.42 Å². The van der Waals surface area contributed by atoms with E-state index in [0.29, 0.717) is 25.4 Å². The Kier molecular flexibility index (Phi) is 9.27. The van der Waals surface area contributed by atoms with Gasteiger partial charge in [0.1, 0.15) is 10.6 Å². The van der Waals surface area contributed by atoms with E-state index in [9.17, 15) is 18.0 Å². The van der Waals surface area contributed by atoms with Gasteiger partial charge in [-0.2, -0.15) is 4.31 Å². The van der Waals surface area contributed by atoms with Crippen LogP contribution in [0.25, 0.3) is 0 Å². The Morgan fingerprint density at radius 1 is 1.13 bits per heavy atom. The summed E-state index contributed by atoms with van der Waals surface area (Å²) in [4.78, 5) is 25.9. The van der Waals surface area contributed by atoms with Crippen molar-refractivity contribution in [2.24, 2.45) is 0 Å². The molecule has 10 heteroatoms. The first-order chi connectivity index (χ1) is 14.6. The maximum absolute atomic E-state index is 13.2. The molecule has 0 saturated carbocycles. The van der Waals surface area contributed by atoms with E-state index in [1.807, 2.05) is 13.8 Å². The number of nitrogens with one attached hydrogen (secondary N) is 2. The zero-order valence-corrected chi connectivity index (χ0v) is 19.6. The molecular weight excluding hydrogens is 420 g/mol. The van der Waals surface area contributed by atoms with Gasteiger partial charge in [0.05, 0.1) is 19.7 Å². The van der Waals surface area contributed by atoms with Gasteiger partial charge in [-0.05, 0) is 58.9 Å². The Balaban J connectivity index is 2.12. The van der Waals surface area contributed by atoms with Crippen LogP contribution in [0.2, 0.25) is 0 Å². The third kappa shape index (κ3) is 7.48. The number of ether oxygens (including phenoxy) is 1. The van der Waals surface area contributed by atoms with E-state index in [0.717, 1.165) is 19.3 Å². The molecule has 0 atom stereocenters. The van der Waals surface area contributed by atoms with Gasteiger partial charge in [-0.15, -0.1) is 0 Å². The van der Waals surface area contributed by atoms with Gasteiger partial charge in [0.15, 0.2) is 0 Å². The first-order valence-corrected chi connectivity index (χ1v) is 12.1. The van der Waals surface area contributed by atoms with Crippen molar-refractivity contribution in [3.05, 3.63) is 18.2 Å². The number of carbonyl (C=O) groups is 2. The highest BCUT2D eigenvalue weighted by Crippen LogP contribution is 2.31. The second-order valence-corrected chi connectivity index (χ2v) is 9.91. The van der Waals surface area contributed by atoms with Crippen molar-refractivity contribution in [1.82, 2.24) is 14.5 Å². The highest BCUT2D eigenvalue weighted by Gasteiger charge is 2.29. The van der Waals surface area contributed by atoms with Crippen molar-refractivity contribution in [2.45, 2.75) is 51.0 Å². The highest BCUT2D eigenvalue weighted by molar-refractivity contribution is 7.89. The zero-order chi connectivity index (χ0) is 23.0. The molecule has 0 aromatic heterocycles. The molecule has 0 radical (unpaired) electrons. The predicted octanol–water partition coefficient (Wildman–Crippen LogP) is 1.65. The molecule has 1 saturated heterocycles. The number of rotatable bonds is 10. The number of anilines is 1. The molecule has 2 N–H and O–H groups in total. The first kappa shape index (κ1) is 25.1. The molecule has 31 heavy (non-hydrogen) atoms. The molecule has 0 aliphatic carbocycles. The molecule has 0 bridgehead atoms. The van der Waals surface area contributed by atoms with Crippen LogP contribution in [-0.2, 0) is 19.6 Å². The maximum atomic E-state index is 13.2. The van der Waals surface area contributed by atoms with Crippen molar-refractivity contribution in [1.29, 1.82) is 0 Å². The van der Waals surface area contributed by atoms with E-state index in [-0.39, 0.29) is 41.6 Å². The fourth-order valence-corrected chi connectivity index (χ4v) is 5.10. The third-order valence-electron chi connectivity index (χ3n) is 4.74. The average Bonchev–Trinajstić information content (AvgIpc) is 2.69. The summed E-state index contributed by atoms with van der Waals surface area (Å²) in [5.74, 6) is -0.236. The van der Waals surface area contributed by atoms with Crippen LogP contribution in [0.4, 0.5) is 5.69 Å². The summed E-state index contributed by atoms with van der Waals surface area (Å²) < 4.78 is 33.4. The number of benzene rings is 1. The molecule has 1 aromatic rings. The van der Waals surface area contributed by atoms with Crippen LogP contribution in [0.15, 0.2) is 23.1 Å². The summed E-state index contributed by atoms with van der Waals surface area (Å²) in [6, 6.07) is 4.65. The van der Waals surface area contributed by atoms with Crippen LogP contribution in [0.5, 0.6) is 5.75 Å². The number of nitrogens with zero attached hydrogens (tertiary/aromatic N) is 2. The number of amides is 2. The van der Waals surface area contributed by atoms with Crippen molar-refractivity contribution in [3.8, 4) is 5.75 Å². The maximum Gasteiger partial charge on any atom is 0.246 e. The molecule has 1 aliphatic rings. The van der Waals surface area contributed by atoms with Crippen LogP contribution >= 0.6 is 0 Å². The number of likely N-dealkylation sites (N-methyl/N-ethyl adjacent to an activating group) is 1. The minimum absolute atomic E-state index is 0.00701. The van der Waals surface area contributed by atoms with Crippen LogP contribution in [0, 0.1) is 0 Å². The Labute approximate surface area is 185 Å². The number of hydrogen-bond donors (Lipinski definition) is 2. The lowest BCUT2D eigenvalue weighted by atomic mass is 10.2. The summed E-state index contributed by atoms with van der Waals surface area (Å²) in [6.45, 7) is 6.89. The summed E-state index contributed by atoms with van der Waals surface area (Å²) >= 11 is 0. The fourth-order valence-electron chi connectivity index (χ4n) is 3.42. The third-order valence-corrected chi connectivity index (χ3v) is 6.66. The monoisotopic (exact) mass is 454 g/mol. The Morgan fingerprint density at radius 2 is 1.77 bits per heavy atom. The number of hydrogen-bond acceptors (Lipinski definition) is 6. The summed E-state index contributed by atoms with van der Waals surface area (Å²) in [5.41, 5.74) is 0.365. The number of carbonyl (C=O) groups excluding carboxylic acids is 2. The molecule has 1 fully saturated rings. The van der Waals surface area contributed by atoms with Crippen LogP contribution < -0.4 is 15.4 Å². The average molecular weight is 455 g/mol. The topological polar surface area (TPSA) is 108 Å². The lowest BCUT2D eigenvalue weighted by Gasteiger charge is -2.27. The molecule has 1 aliphatic heterocycles. The van der Waals surface area contributed by atoms with Crippen molar-refractivity contribution < 1.29 is 22.7 Å². The molecule has 0 spiro atoms. The summed E-state index contributed by atoms with van der Waals surface area (Å²) in [6.07, 6.45) is 2.68. The smallest absolute Gasteiger partial charge is 0.246 e. The molecule has 174 valence electrons. The molecule has 1 heterocycles. The van der Waals surface area contributed by atoms with Gasteiger partial charge in [0, 0.05) is 24.8 Å². The molecule has 9 nitrogen and oxygen atoms in total. The lowest BCUT2D eigenvalue weighted by Crippen LogP contribution is -2.41. The summed E-state index contributed by atoms with van der Waals surface area (Å²) in [5, 5.41) is 5.49. The van der Waals surface area contributed by atoms with Gasteiger partial charge in [0.25, 0.3) is 0 Å². The first-order valence-electron chi connectivity index (χ1n) is 10.7. The van der Waals surface area contributed by atoms with Gasteiger partial charge in [0.2, 0.25) is 21.8 Å². The van der Waals surface area contributed by atoms with Gasteiger partial charge < -0.3 is 15.4 Å². The highest BCUT2D eigenvalue weighted by atomic mass is 32.2. The molecule has 2 rings (SSSR count).